The number of ether oxygens (including phenoxy) is 2. The number of methoxy groups -OCH3 is 1. The lowest BCUT2D eigenvalue weighted by atomic mass is 10.2. The van der Waals surface area contributed by atoms with Gasteiger partial charge in [-0.2, -0.15) is 0 Å². The van der Waals surface area contributed by atoms with E-state index in [1.165, 1.54) is 32.2 Å². The molecule has 0 spiro atoms. The molecule has 7 nitrogen and oxygen atoms in total. The van der Waals surface area contributed by atoms with E-state index in [1.54, 1.807) is 0 Å². The Kier molecular flexibility index (Phi) is 7.36. The lowest BCUT2D eigenvalue weighted by Crippen LogP contribution is -2.44. The summed E-state index contributed by atoms with van der Waals surface area (Å²) >= 11 is 3.28. The Balaban J connectivity index is 1.87. The molecular formula is C19H19BrN2O5. The number of halogens is 1. The standard InChI is InChI=1S/C19H19BrN2O5/c1-12(27-16-9-8-14(10-15(16)20)18(24)26-2)17(23)22-19(25)21-11-13-6-4-3-5-7-13/h3-10,12H,11H2,1-2H3,(H2,21,22,23,25). The van der Waals surface area contributed by atoms with E-state index in [9.17, 15) is 14.4 Å². The van der Waals surface area contributed by atoms with Gasteiger partial charge in [0.25, 0.3) is 5.91 Å². The van der Waals surface area contributed by atoms with Crippen LogP contribution in [-0.2, 0) is 16.1 Å². The molecule has 0 saturated carbocycles. The number of hydrogen-bond acceptors (Lipinski definition) is 5. The molecule has 1 atom stereocenters. The van der Waals surface area contributed by atoms with Gasteiger partial charge in [-0.3, -0.25) is 10.1 Å². The van der Waals surface area contributed by atoms with E-state index in [1.807, 2.05) is 30.3 Å². The molecule has 0 aliphatic rings. The van der Waals surface area contributed by atoms with Crippen LogP contribution in [0.1, 0.15) is 22.8 Å². The quantitative estimate of drug-likeness (QED) is 0.681. The van der Waals surface area contributed by atoms with Gasteiger partial charge in [-0.05, 0) is 46.6 Å². The van der Waals surface area contributed by atoms with Gasteiger partial charge in [-0.1, -0.05) is 30.3 Å². The van der Waals surface area contributed by atoms with Gasteiger partial charge in [-0.15, -0.1) is 0 Å². The Labute approximate surface area is 165 Å². The monoisotopic (exact) mass is 434 g/mol. The summed E-state index contributed by atoms with van der Waals surface area (Å²) in [7, 11) is 1.29. The Bertz CT molecular complexity index is 826. The molecule has 2 aromatic rings. The van der Waals surface area contributed by atoms with Gasteiger partial charge in [0, 0.05) is 6.54 Å². The van der Waals surface area contributed by atoms with Crippen LogP contribution >= 0.6 is 15.9 Å². The molecule has 0 bridgehead atoms. The van der Waals surface area contributed by atoms with E-state index >= 15 is 0 Å². The number of benzene rings is 2. The Hall–Kier alpha value is -2.87. The predicted octanol–water partition coefficient (Wildman–Crippen LogP) is 3.03. The summed E-state index contributed by atoms with van der Waals surface area (Å²) in [4.78, 5) is 35.5. The van der Waals surface area contributed by atoms with Crippen LogP contribution in [0.5, 0.6) is 5.75 Å². The molecule has 3 amide bonds. The summed E-state index contributed by atoms with van der Waals surface area (Å²) in [5, 5.41) is 4.82. The van der Waals surface area contributed by atoms with Crippen molar-refractivity contribution in [2.45, 2.75) is 19.6 Å². The first-order valence-corrected chi connectivity index (χ1v) is 8.87. The first kappa shape index (κ1) is 20.4. The van der Waals surface area contributed by atoms with E-state index in [0.29, 0.717) is 22.3 Å². The number of carbonyl (C=O) groups excluding carboxylic acids is 3. The zero-order valence-electron chi connectivity index (χ0n) is 14.8. The van der Waals surface area contributed by atoms with Gasteiger partial charge in [0.15, 0.2) is 6.10 Å². The van der Waals surface area contributed by atoms with Gasteiger partial charge >= 0.3 is 12.0 Å². The van der Waals surface area contributed by atoms with Crippen LogP contribution in [0, 0.1) is 0 Å². The van der Waals surface area contributed by atoms with Crippen LogP contribution in [0.3, 0.4) is 0 Å². The Morgan fingerprint density at radius 1 is 1.11 bits per heavy atom. The maximum atomic E-state index is 12.1. The predicted molar refractivity (Wildman–Crippen MR) is 102 cm³/mol. The zero-order valence-corrected chi connectivity index (χ0v) is 16.4. The van der Waals surface area contributed by atoms with Gasteiger partial charge in [-0.25, -0.2) is 9.59 Å². The number of rotatable bonds is 6. The average molecular weight is 435 g/mol. The fraction of sp³-hybridized carbons (Fsp3) is 0.211. The molecule has 2 rings (SSSR count). The van der Waals surface area contributed by atoms with Crippen LogP contribution in [0.4, 0.5) is 4.79 Å². The van der Waals surface area contributed by atoms with Crippen LogP contribution in [0.15, 0.2) is 53.0 Å². The molecular weight excluding hydrogens is 416 g/mol. The lowest BCUT2D eigenvalue weighted by molar-refractivity contribution is -0.126. The highest BCUT2D eigenvalue weighted by molar-refractivity contribution is 9.10. The van der Waals surface area contributed by atoms with Gasteiger partial charge in [0.2, 0.25) is 0 Å². The van der Waals surface area contributed by atoms with E-state index in [4.69, 9.17) is 4.74 Å². The van der Waals surface area contributed by atoms with Crippen molar-refractivity contribution in [3.63, 3.8) is 0 Å². The summed E-state index contributed by atoms with van der Waals surface area (Å²) < 4.78 is 10.7. The molecule has 0 aliphatic heterocycles. The third-order valence-electron chi connectivity index (χ3n) is 3.56. The van der Waals surface area contributed by atoms with Gasteiger partial charge < -0.3 is 14.8 Å². The average Bonchev–Trinajstić information content (AvgIpc) is 2.67. The maximum Gasteiger partial charge on any atom is 0.337 e. The van der Waals surface area contributed by atoms with Crippen molar-refractivity contribution in [3.05, 3.63) is 64.1 Å². The largest absolute Gasteiger partial charge is 0.480 e. The van der Waals surface area contributed by atoms with Crippen molar-refractivity contribution in [2.24, 2.45) is 0 Å². The maximum absolute atomic E-state index is 12.1. The Morgan fingerprint density at radius 3 is 2.44 bits per heavy atom. The van der Waals surface area contributed by atoms with E-state index in [0.717, 1.165) is 5.56 Å². The molecule has 2 N–H and O–H groups in total. The fourth-order valence-electron chi connectivity index (χ4n) is 2.12. The van der Waals surface area contributed by atoms with E-state index in [2.05, 4.69) is 31.3 Å². The third kappa shape index (κ3) is 6.10. The minimum absolute atomic E-state index is 0.301. The number of esters is 1. The van der Waals surface area contributed by atoms with Gasteiger partial charge in [0.1, 0.15) is 5.75 Å². The van der Waals surface area contributed by atoms with Crippen molar-refractivity contribution in [1.82, 2.24) is 10.6 Å². The molecule has 8 heteroatoms. The van der Waals surface area contributed by atoms with Crippen LogP contribution < -0.4 is 15.4 Å². The first-order valence-electron chi connectivity index (χ1n) is 8.08. The Morgan fingerprint density at radius 2 is 1.81 bits per heavy atom. The fourth-order valence-corrected chi connectivity index (χ4v) is 2.59. The number of amides is 3. The number of urea groups is 1. The molecule has 2 aromatic carbocycles. The smallest absolute Gasteiger partial charge is 0.337 e. The lowest BCUT2D eigenvalue weighted by Gasteiger charge is -2.16. The third-order valence-corrected chi connectivity index (χ3v) is 4.18. The first-order chi connectivity index (χ1) is 12.9. The number of nitrogens with one attached hydrogen (secondary N) is 2. The van der Waals surface area contributed by atoms with Crippen LogP contribution in [-0.4, -0.2) is 31.1 Å². The molecule has 0 aliphatic carbocycles. The summed E-state index contributed by atoms with van der Waals surface area (Å²) in [6.45, 7) is 1.82. The normalized spacial score (nSPS) is 11.2. The van der Waals surface area contributed by atoms with Crippen molar-refractivity contribution in [2.75, 3.05) is 7.11 Å². The molecule has 0 fully saturated rings. The number of carbonyl (C=O) groups is 3. The molecule has 0 heterocycles. The van der Waals surface area contributed by atoms with Crippen LogP contribution in [0.25, 0.3) is 0 Å². The van der Waals surface area contributed by atoms with Crippen molar-refractivity contribution < 1.29 is 23.9 Å². The summed E-state index contributed by atoms with van der Waals surface area (Å²) in [6, 6.07) is 13.3. The minimum atomic E-state index is -0.923. The molecule has 0 radical (unpaired) electrons. The highest BCUT2D eigenvalue weighted by Crippen LogP contribution is 2.27. The summed E-state index contributed by atoms with van der Waals surface area (Å²) in [5.74, 6) is -0.720. The molecule has 0 saturated heterocycles. The minimum Gasteiger partial charge on any atom is -0.480 e. The summed E-state index contributed by atoms with van der Waals surface area (Å²) in [6.07, 6.45) is -0.923. The summed E-state index contributed by atoms with van der Waals surface area (Å²) in [5.41, 5.74) is 1.26. The molecule has 142 valence electrons. The second-order valence-corrected chi connectivity index (χ2v) is 6.41. The molecule has 1 unspecified atom stereocenters. The SMILES string of the molecule is COC(=O)c1ccc(OC(C)C(=O)NC(=O)NCc2ccccc2)c(Br)c1. The van der Waals surface area contributed by atoms with Crippen molar-refractivity contribution in [3.8, 4) is 5.75 Å². The highest BCUT2D eigenvalue weighted by Gasteiger charge is 2.19. The zero-order chi connectivity index (χ0) is 19.8. The van der Waals surface area contributed by atoms with Crippen LogP contribution in [0.2, 0.25) is 0 Å². The van der Waals surface area contributed by atoms with E-state index in [-0.39, 0.29) is 0 Å². The van der Waals surface area contributed by atoms with Crippen molar-refractivity contribution in [1.29, 1.82) is 0 Å². The topological polar surface area (TPSA) is 93.7 Å². The number of imide groups is 1. The second-order valence-electron chi connectivity index (χ2n) is 5.55. The van der Waals surface area contributed by atoms with E-state index < -0.39 is 24.0 Å². The highest BCUT2D eigenvalue weighted by atomic mass is 79.9. The molecule has 0 aromatic heterocycles. The number of hydrogen-bond donors (Lipinski definition) is 2. The van der Waals surface area contributed by atoms with Gasteiger partial charge in [0.05, 0.1) is 17.1 Å². The van der Waals surface area contributed by atoms with Crippen molar-refractivity contribution >= 4 is 33.8 Å². The second kappa shape index (κ2) is 9.72. The molecule has 27 heavy (non-hydrogen) atoms.